The lowest BCUT2D eigenvalue weighted by Gasteiger charge is -2.31. The molecule has 2 fully saturated rings. The van der Waals surface area contributed by atoms with Crippen molar-refractivity contribution >= 4 is 21.6 Å². The smallest absolute Gasteiger partial charge is 0.379 e. The highest BCUT2D eigenvalue weighted by Crippen LogP contribution is 2.64. The van der Waals surface area contributed by atoms with Crippen LogP contribution in [0.5, 0.6) is 0 Å². The van der Waals surface area contributed by atoms with Gasteiger partial charge in [0.25, 0.3) is 0 Å². The van der Waals surface area contributed by atoms with Gasteiger partial charge in [0.15, 0.2) is 0 Å². The summed E-state index contributed by atoms with van der Waals surface area (Å²) in [6.45, 7) is 0.237. The molecule has 17 heteroatoms. The number of sulfonamides is 1. The van der Waals surface area contributed by atoms with Gasteiger partial charge in [-0.2, -0.15) is 43.8 Å². The SMILES string of the molecule is O=C(Nc1ccc(S(=O)(=O)N2CCOCC2)cc1)C(F)(F)[C@@]1(F)OC(F)(F)C(F)(F)C1(F)F. The average molecular weight is 516 g/mol. The van der Waals surface area contributed by atoms with Crippen LogP contribution in [-0.4, -0.2) is 74.7 Å². The van der Waals surface area contributed by atoms with Gasteiger partial charge in [0.05, 0.1) is 18.1 Å². The molecule has 1 atom stereocenters. The highest BCUT2D eigenvalue weighted by Gasteiger charge is 2.96. The summed E-state index contributed by atoms with van der Waals surface area (Å²) >= 11 is 0. The minimum atomic E-state index is -6.81. The fourth-order valence-electron chi connectivity index (χ4n) is 2.95. The molecule has 2 saturated heterocycles. The quantitative estimate of drug-likeness (QED) is 0.609. The highest BCUT2D eigenvalue weighted by molar-refractivity contribution is 7.89. The fourth-order valence-corrected chi connectivity index (χ4v) is 4.36. The molecule has 1 aromatic carbocycles. The summed E-state index contributed by atoms with van der Waals surface area (Å²) in [6, 6.07) is 3.02. The van der Waals surface area contributed by atoms with Crippen LogP contribution in [0, 0.1) is 0 Å². The average Bonchev–Trinajstić information content (AvgIpc) is 2.83. The summed E-state index contributed by atoms with van der Waals surface area (Å²) in [4.78, 5) is 11.3. The normalized spacial score (nSPS) is 27.3. The third-order valence-corrected chi connectivity index (χ3v) is 6.75. The molecule has 0 aromatic heterocycles. The number of nitrogens with zero attached hydrogens (tertiary/aromatic N) is 1. The van der Waals surface area contributed by atoms with E-state index in [2.05, 4.69) is 4.74 Å². The van der Waals surface area contributed by atoms with Crippen molar-refractivity contribution in [3.63, 3.8) is 0 Å². The maximum Gasteiger partial charge on any atom is 0.428 e. The van der Waals surface area contributed by atoms with Crippen LogP contribution in [0.25, 0.3) is 0 Å². The van der Waals surface area contributed by atoms with Crippen molar-refractivity contribution in [1.82, 2.24) is 4.31 Å². The maximum absolute atomic E-state index is 14.2. The van der Waals surface area contributed by atoms with Gasteiger partial charge in [-0.25, -0.2) is 8.42 Å². The minimum absolute atomic E-state index is 0.00903. The fraction of sp³-hybridized carbons (Fsp3) is 0.562. The van der Waals surface area contributed by atoms with Gasteiger partial charge in [-0.05, 0) is 24.3 Å². The number of hydrogen-bond donors (Lipinski definition) is 1. The summed E-state index contributed by atoms with van der Waals surface area (Å²) in [5, 5.41) is 1.17. The molecule has 0 unspecified atom stereocenters. The number of benzene rings is 1. The van der Waals surface area contributed by atoms with E-state index in [1.165, 1.54) is 5.32 Å². The monoisotopic (exact) mass is 516 g/mol. The van der Waals surface area contributed by atoms with Crippen LogP contribution < -0.4 is 5.32 Å². The largest absolute Gasteiger partial charge is 0.428 e. The molecule has 33 heavy (non-hydrogen) atoms. The van der Waals surface area contributed by atoms with Crippen molar-refractivity contribution in [2.45, 2.75) is 34.6 Å². The van der Waals surface area contributed by atoms with E-state index in [0.29, 0.717) is 12.1 Å². The number of halogens is 9. The number of anilines is 1. The Hall–Kier alpha value is -2.11. The Morgan fingerprint density at radius 1 is 0.939 bits per heavy atom. The van der Waals surface area contributed by atoms with Gasteiger partial charge < -0.3 is 10.1 Å². The predicted molar refractivity (Wildman–Crippen MR) is 89.4 cm³/mol. The number of morpholine rings is 1. The van der Waals surface area contributed by atoms with Crippen LogP contribution in [-0.2, 0) is 24.3 Å². The molecule has 1 amide bonds. The molecule has 0 saturated carbocycles. The first-order valence-electron chi connectivity index (χ1n) is 8.81. The number of hydrogen-bond acceptors (Lipinski definition) is 5. The Morgan fingerprint density at radius 3 is 1.91 bits per heavy atom. The molecule has 0 bridgehead atoms. The van der Waals surface area contributed by atoms with Crippen molar-refractivity contribution in [2.75, 3.05) is 31.6 Å². The summed E-state index contributed by atoms with van der Waals surface area (Å²) in [6.07, 6.45) is -6.36. The summed E-state index contributed by atoms with van der Waals surface area (Å²) in [5.41, 5.74) is -0.718. The lowest BCUT2D eigenvalue weighted by atomic mass is 9.99. The third-order valence-electron chi connectivity index (χ3n) is 4.84. The maximum atomic E-state index is 14.2. The second kappa shape index (κ2) is 7.71. The van der Waals surface area contributed by atoms with Gasteiger partial charge in [0.1, 0.15) is 0 Å². The highest BCUT2D eigenvalue weighted by atomic mass is 32.2. The van der Waals surface area contributed by atoms with E-state index in [1.807, 2.05) is 0 Å². The molecule has 3 rings (SSSR count). The number of carbonyl (C=O) groups is 1. The number of nitrogens with one attached hydrogen (secondary N) is 1. The third kappa shape index (κ3) is 3.64. The zero-order chi connectivity index (χ0) is 25.1. The molecular weight excluding hydrogens is 503 g/mol. The van der Waals surface area contributed by atoms with E-state index in [-0.39, 0.29) is 31.2 Å². The van der Waals surface area contributed by atoms with E-state index in [9.17, 15) is 52.7 Å². The van der Waals surface area contributed by atoms with E-state index in [4.69, 9.17) is 4.74 Å². The van der Waals surface area contributed by atoms with Gasteiger partial charge >= 0.3 is 35.6 Å². The van der Waals surface area contributed by atoms with E-state index in [1.54, 1.807) is 0 Å². The van der Waals surface area contributed by atoms with Crippen LogP contribution in [0.3, 0.4) is 0 Å². The number of amides is 1. The van der Waals surface area contributed by atoms with E-state index < -0.39 is 51.3 Å². The first-order chi connectivity index (χ1) is 14.9. The first kappa shape index (κ1) is 25.5. The number of rotatable bonds is 5. The number of alkyl halides is 9. The Bertz CT molecular complexity index is 1030. The van der Waals surface area contributed by atoms with Crippen molar-refractivity contribution in [3.05, 3.63) is 24.3 Å². The molecule has 2 aliphatic rings. The lowest BCUT2D eigenvalue weighted by Crippen LogP contribution is -2.63. The second-order valence-corrected chi connectivity index (χ2v) is 8.87. The minimum Gasteiger partial charge on any atom is -0.379 e. The van der Waals surface area contributed by atoms with Crippen LogP contribution in [0.1, 0.15) is 0 Å². The van der Waals surface area contributed by atoms with Gasteiger partial charge in [-0.3, -0.25) is 9.53 Å². The van der Waals surface area contributed by atoms with Crippen LogP contribution in [0.2, 0.25) is 0 Å². The molecule has 0 spiro atoms. The molecule has 1 aromatic rings. The zero-order valence-corrected chi connectivity index (χ0v) is 16.8. The standard InChI is InChI=1S/C16H13F9N2O5S/c17-12(18,15(23)13(19,20)14(21,22)16(24,25)32-15)11(28)26-9-1-3-10(4-2-9)33(29,30)27-5-7-31-8-6-27/h1-4H,5-8H2,(H,26,28)/t15-/m1/s1. The Morgan fingerprint density at radius 2 is 1.45 bits per heavy atom. The van der Waals surface area contributed by atoms with Crippen molar-refractivity contribution in [1.29, 1.82) is 0 Å². The Balaban J connectivity index is 1.82. The Kier molecular flexibility index (Phi) is 5.96. The van der Waals surface area contributed by atoms with Crippen LogP contribution >= 0.6 is 0 Å². The molecule has 1 N–H and O–H groups in total. The van der Waals surface area contributed by atoms with Crippen molar-refractivity contribution in [3.8, 4) is 0 Å². The van der Waals surface area contributed by atoms with Gasteiger partial charge in [0, 0.05) is 18.8 Å². The number of ether oxygens (including phenoxy) is 2. The zero-order valence-electron chi connectivity index (χ0n) is 15.9. The van der Waals surface area contributed by atoms with E-state index >= 15 is 0 Å². The molecular formula is C16H13F9N2O5S. The van der Waals surface area contributed by atoms with Gasteiger partial charge in [-0.15, -0.1) is 0 Å². The molecule has 7 nitrogen and oxygen atoms in total. The molecule has 2 aliphatic heterocycles. The molecule has 0 radical (unpaired) electrons. The van der Waals surface area contributed by atoms with Gasteiger partial charge in [0.2, 0.25) is 10.0 Å². The van der Waals surface area contributed by atoms with E-state index in [0.717, 1.165) is 16.4 Å². The second-order valence-electron chi connectivity index (χ2n) is 6.93. The predicted octanol–water partition coefficient (Wildman–Crippen LogP) is 2.84. The van der Waals surface area contributed by atoms with Crippen LogP contribution in [0.4, 0.5) is 45.2 Å². The van der Waals surface area contributed by atoms with Crippen LogP contribution in [0.15, 0.2) is 29.2 Å². The number of carbonyl (C=O) groups excluding carboxylic acids is 1. The van der Waals surface area contributed by atoms with Gasteiger partial charge in [-0.1, -0.05) is 0 Å². The molecule has 2 heterocycles. The molecule has 0 aliphatic carbocycles. The summed E-state index contributed by atoms with van der Waals surface area (Å²) in [5.74, 6) is -29.2. The summed E-state index contributed by atoms with van der Waals surface area (Å²) in [7, 11) is -4.05. The Labute approximate surface area is 179 Å². The van der Waals surface area contributed by atoms with Crippen molar-refractivity contribution < 1.29 is 62.2 Å². The molecule has 186 valence electrons. The first-order valence-corrected chi connectivity index (χ1v) is 10.3. The summed E-state index contributed by atoms with van der Waals surface area (Å²) < 4.78 is 155. The lowest BCUT2D eigenvalue weighted by molar-refractivity contribution is -0.366. The topological polar surface area (TPSA) is 84.9 Å². The van der Waals surface area contributed by atoms with Crippen molar-refractivity contribution in [2.24, 2.45) is 0 Å².